The van der Waals surface area contributed by atoms with E-state index >= 15 is 0 Å². The summed E-state index contributed by atoms with van der Waals surface area (Å²) in [5, 5.41) is 23.5. The van der Waals surface area contributed by atoms with E-state index in [-0.39, 0.29) is 36.1 Å². The van der Waals surface area contributed by atoms with Crippen molar-refractivity contribution in [3.63, 3.8) is 0 Å². The number of hydrogen-bond acceptors (Lipinski definition) is 7. The molecule has 2 fully saturated rings. The SMILES string of the molecule is CC(C)OC(=O)CCC/C=C\C[C@@H]1[C@@H]([C@H](O)[C@H](Sc2ccccc2)[C@H](O)CCc2ccccc2)[C@H]2C[C@@H]1OB(c1ccccc1)O2. The molecule has 0 aromatic heterocycles. The predicted molar refractivity (Wildman–Crippen MR) is 185 cm³/mol. The summed E-state index contributed by atoms with van der Waals surface area (Å²) in [6.45, 7) is 3.72. The summed E-state index contributed by atoms with van der Waals surface area (Å²) < 4.78 is 18.4. The maximum Gasteiger partial charge on any atom is 0.494 e. The fraction of sp³-hybridized carbons (Fsp3) is 0.447. The Morgan fingerprint density at radius 1 is 0.935 bits per heavy atom. The van der Waals surface area contributed by atoms with Gasteiger partial charge in [0.25, 0.3) is 0 Å². The molecular formula is C38H47BO6S. The number of benzene rings is 3. The second kappa shape index (κ2) is 17.3. The first-order chi connectivity index (χ1) is 22.4. The van der Waals surface area contributed by atoms with Crippen LogP contribution in [0.1, 0.15) is 57.9 Å². The Morgan fingerprint density at radius 3 is 2.28 bits per heavy atom. The van der Waals surface area contributed by atoms with Crippen molar-refractivity contribution in [2.45, 2.75) is 99.5 Å². The first-order valence-electron chi connectivity index (χ1n) is 16.7. The Bertz CT molecular complexity index is 1360. The Morgan fingerprint density at radius 2 is 1.59 bits per heavy atom. The van der Waals surface area contributed by atoms with Gasteiger partial charge in [0.2, 0.25) is 0 Å². The van der Waals surface area contributed by atoms with Crippen LogP contribution in [0.2, 0.25) is 0 Å². The number of fused-ring (bicyclic) bond motifs is 2. The van der Waals surface area contributed by atoms with Gasteiger partial charge >= 0.3 is 13.1 Å². The van der Waals surface area contributed by atoms with Crippen LogP contribution in [-0.2, 0) is 25.3 Å². The van der Waals surface area contributed by atoms with E-state index in [0.29, 0.717) is 25.7 Å². The highest BCUT2D eigenvalue weighted by molar-refractivity contribution is 8.00. The lowest BCUT2D eigenvalue weighted by atomic mass is 9.77. The quantitative estimate of drug-likeness (QED) is 0.0617. The van der Waals surface area contributed by atoms with E-state index in [1.54, 1.807) is 11.8 Å². The molecule has 0 unspecified atom stereocenters. The number of rotatable bonds is 16. The lowest BCUT2D eigenvalue weighted by Crippen LogP contribution is -2.48. The maximum atomic E-state index is 12.3. The molecule has 1 saturated carbocycles. The topological polar surface area (TPSA) is 85.2 Å². The van der Waals surface area contributed by atoms with Gasteiger partial charge in [0, 0.05) is 23.3 Å². The Kier molecular flexibility index (Phi) is 13.0. The summed E-state index contributed by atoms with van der Waals surface area (Å²) in [4.78, 5) is 12.9. The third-order valence-corrected chi connectivity index (χ3v) is 10.3. The van der Waals surface area contributed by atoms with Crippen LogP contribution in [0.3, 0.4) is 0 Å². The molecule has 8 heteroatoms. The molecule has 3 aromatic rings. The summed E-state index contributed by atoms with van der Waals surface area (Å²) in [5.74, 6) is -0.380. The Balaban J connectivity index is 1.33. The number of carbonyl (C=O) groups is 1. The summed E-state index contributed by atoms with van der Waals surface area (Å²) in [6.07, 6.45) is 6.91. The van der Waals surface area contributed by atoms with Crippen LogP contribution in [0, 0.1) is 11.8 Å². The molecule has 7 atom stereocenters. The minimum Gasteiger partial charge on any atom is -0.463 e. The molecule has 2 aliphatic rings. The van der Waals surface area contributed by atoms with Crippen LogP contribution in [0.4, 0.5) is 0 Å². The molecule has 6 nitrogen and oxygen atoms in total. The minimum absolute atomic E-state index is 0.0102. The van der Waals surface area contributed by atoms with Gasteiger partial charge in [-0.1, -0.05) is 91.0 Å². The average Bonchev–Trinajstić information content (AvgIpc) is 3.32. The molecule has 0 amide bonds. The van der Waals surface area contributed by atoms with Crippen molar-refractivity contribution in [2.24, 2.45) is 11.8 Å². The number of unbranched alkanes of at least 4 members (excludes halogenated alkanes) is 1. The Labute approximate surface area is 278 Å². The molecule has 2 N–H and O–H groups in total. The fourth-order valence-electron chi connectivity index (χ4n) is 6.72. The van der Waals surface area contributed by atoms with Crippen molar-refractivity contribution in [1.29, 1.82) is 0 Å². The molecule has 1 heterocycles. The molecule has 3 aromatic carbocycles. The van der Waals surface area contributed by atoms with Gasteiger partial charge in [-0.05, 0) is 81.4 Å². The molecule has 1 aliphatic carbocycles. The number of allylic oxidation sites excluding steroid dienone is 2. The second-order valence-corrected chi connectivity index (χ2v) is 13.9. The van der Waals surface area contributed by atoms with Gasteiger partial charge in [-0.25, -0.2) is 0 Å². The van der Waals surface area contributed by atoms with Crippen LogP contribution in [0.15, 0.2) is 108 Å². The van der Waals surface area contributed by atoms with Crippen LogP contribution in [0.25, 0.3) is 0 Å². The standard InChI is InChI=1S/C38H47BO6S/c1-27(2)43-35(41)23-15-4-3-14-22-31-33-26-34(45-39(44-33)29-18-10-6-11-19-29)36(31)37(42)38(46-30-20-12-7-13-21-30)32(40)25-24-28-16-8-5-9-17-28/h3,5-14,16-21,27,31-34,36-38,40,42H,4,15,22-26H2,1-2H3/b14-3-/t31-,32+,33-,34+,36+,37-,38+/m0/s1. The third-order valence-electron chi connectivity index (χ3n) is 8.93. The van der Waals surface area contributed by atoms with Gasteiger partial charge in [-0.15, -0.1) is 11.8 Å². The fourth-order valence-corrected chi connectivity index (χ4v) is 7.96. The van der Waals surface area contributed by atoms with Crippen molar-refractivity contribution in [3.8, 4) is 0 Å². The lowest BCUT2D eigenvalue weighted by Gasteiger charge is -2.36. The summed E-state index contributed by atoms with van der Waals surface area (Å²) in [7, 11) is -0.496. The van der Waals surface area contributed by atoms with Crippen molar-refractivity contribution in [1.82, 2.24) is 0 Å². The van der Waals surface area contributed by atoms with Gasteiger partial charge in [-0.2, -0.15) is 0 Å². The van der Waals surface area contributed by atoms with Crippen LogP contribution >= 0.6 is 11.8 Å². The molecule has 2 bridgehead atoms. The highest BCUT2D eigenvalue weighted by Gasteiger charge is 2.55. The molecule has 5 rings (SSSR count). The minimum atomic E-state index is -0.826. The molecule has 0 spiro atoms. The van der Waals surface area contributed by atoms with Crippen molar-refractivity contribution < 1.29 is 29.1 Å². The number of hydrogen-bond donors (Lipinski definition) is 2. The highest BCUT2D eigenvalue weighted by atomic mass is 32.2. The van der Waals surface area contributed by atoms with E-state index in [9.17, 15) is 15.0 Å². The lowest BCUT2D eigenvalue weighted by molar-refractivity contribution is -0.147. The van der Waals surface area contributed by atoms with E-state index < -0.39 is 24.6 Å². The normalized spacial score (nSPS) is 23.0. The van der Waals surface area contributed by atoms with Crippen LogP contribution in [0.5, 0.6) is 0 Å². The molecule has 1 aliphatic heterocycles. The van der Waals surface area contributed by atoms with E-state index in [4.69, 9.17) is 14.0 Å². The van der Waals surface area contributed by atoms with Gasteiger partial charge < -0.3 is 24.3 Å². The van der Waals surface area contributed by atoms with Crippen LogP contribution in [-0.4, -0.2) is 59.1 Å². The van der Waals surface area contributed by atoms with Crippen molar-refractivity contribution in [2.75, 3.05) is 0 Å². The number of carbonyl (C=O) groups excluding carboxylic acids is 1. The average molecular weight is 643 g/mol. The molecule has 1 saturated heterocycles. The molecular weight excluding hydrogens is 595 g/mol. The summed E-state index contributed by atoms with van der Waals surface area (Å²) in [6, 6.07) is 30.2. The largest absolute Gasteiger partial charge is 0.494 e. The van der Waals surface area contributed by atoms with Gasteiger partial charge in [0.15, 0.2) is 0 Å². The van der Waals surface area contributed by atoms with Crippen LogP contribution < -0.4 is 5.46 Å². The number of ether oxygens (including phenoxy) is 1. The van der Waals surface area contributed by atoms with Gasteiger partial charge in [0.05, 0.1) is 29.7 Å². The first kappa shape index (κ1) is 34.5. The maximum absolute atomic E-state index is 12.3. The zero-order valence-electron chi connectivity index (χ0n) is 26.9. The molecule has 0 radical (unpaired) electrons. The first-order valence-corrected chi connectivity index (χ1v) is 17.6. The van der Waals surface area contributed by atoms with Gasteiger partial charge in [0.1, 0.15) is 0 Å². The number of thioether (sulfide) groups is 1. The number of aryl methyl sites for hydroxylation is 1. The van der Waals surface area contributed by atoms with E-state index in [1.807, 2.05) is 92.7 Å². The van der Waals surface area contributed by atoms with E-state index in [0.717, 1.165) is 29.6 Å². The van der Waals surface area contributed by atoms with Crippen molar-refractivity contribution >= 4 is 30.3 Å². The number of aliphatic hydroxyl groups is 2. The van der Waals surface area contributed by atoms with Crippen molar-refractivity contribution in [3.05, 3.63) is 109 Å². The van der Waals surface area contributed by atoms with E-state index in [1.165, 1.54) is 5.56 Å². The summed E-state index contributed by atoms with van der Waals surface area (Å²) in [5.41, 5.74) is 2.13. The predicted octanol–water partition coefficient (Wildman–Crippen LogP) is 6.39. The van der Waals surface area contributed by atoms with E-state index in [2.05, 4.69) is 24.3 Å². The van der Waals surface area contributed by atoms with Gasteiger partial charge in [-0.3, -0.25) is 4.79 Å². The molecule has 244 valence electrons. The second-order valence-electron chi connectivity index (χ2n) is 12.7. The highest BCUT2D eigenvalue weighted by Crippen LogP contribution is 2.47. The zero-order valence-corrected chi connectivity index (χ0v) is 27.7. The monoisotopic (exact) mass is 642 g/mol. The molecule has 46 heavy (non-hydrogen) atoms. The number of esters is 1. The Hall–Kier alpha value is -2.88. The number of aliphatic hydroxyl groups excluding tert-OH is 2. The third kappa shape index (κ3) is 9.58. The smallest absolute Gasteiger partial charge is 0.463 e. The summed E-state index contributed by atoms with van der Waals surface area (Å²) >= 11 is 1.54. The zero-order chi connectivity index (χ0) is 32.3.